The molecule has 12 heavy (non-hydrogen) atoms. The number of aromatic nitrogens is 1. The Bertz CT molecular complexity index is 321. The van der Waals surface area contributed by atoms with Gasteiger partial charge >= 0.3 is 0 Å². The van der Waals surface area contributed by atoms with Gasteiger partial charge in [0, 0.05) is 18.3 Å². The predicted octanol–water partition coefficient (Wildman–Crippen LogP) is 2.02. The molecule has 0 bridgehead atoms. The highest BCUT2D eigenvalue weighted by Crippen LogP contribution is 2.11. The van der Waals surface area contributed by atoms with E-state index in [-0.39, 0.29) is 5.69 Å². The normalized spacial score (nSPS) is 10.4. The summed E-state index contributed by atoms with van der Waals surface area (Å²) in [6.45, 7) is 1.83. The fourth-order valence-corrected chi connectivity index (χ4v) is 0.812. The van der Waals surface area contributed by atoms with Gasteiger partial charge in [0.05, 0.1) is 10.6 Å². The third kappa shape index (κ3) is 1.88. The van der Waals surface area contributed by atoms with Crippen molar-refractivity contribution in [2.75, 3.05) is 0 Å². The summed E-state index contributed by atoms with van der Waals surface area (Å²) in [6.07, 6.45) is 4.92. The number of allylic oxidation sites excluding steroid dienone is 1. The summed E-state index contributed by atoms with van der Waals surface area (Å²) >= 11 is 0. The van der Waals surface area contributed by atoms with Gasteiger partial charge < -0.3 is 0 Å². The lowest BCUT2D eigenvalue weighted by Gasteiger charge is -1.91. The van der Waals surface area contributed by atoms with Crippen LogP contribution in [0.3, 0.4) is 0 Å². The third-order valence-electron chi connectivity index (χ3n) is 1.31. The Morgan fingerprint density at radius 1 is 1.67 bits per heavy atom. The first-order valence-electron chi connectivity index (χ1n) is 3.47. The molecule has 0 aromatic carbocycles. The average Bonchev–Trinajstić information content (AvgIpc) is 2.05. The van der Waals surface area contributed by atoms with E-state index in [1.54, 1.807) is 12.2 Å². The second-order valence-corrected chi connectivity index (χ2v) is 2.20. The second kappa shape index (κ2) is 3.61. The molecule has 0 aliphatic carbocycles. The summed E-state index contributed by atoms with van der Waals surface area (Å²) in [7, 11) is 0. The first-order valence-corrected chi connectivity index (χ1v) is 3.47. The molecule has 1 aromatic heterocycles. The van der Waals surface area contributed by atoms with Crippen LogP contribution in [0.1, 0.15) is 12.6 Å². The van der Waals surface area contributed by atoms with Gasteiger partial charge in [-0.2, -0.15) is 0 Å². The van der Waals surface area contributed by atoms with E-state index < -0.39 is 4.92 Å². The van der Waals surface area contributed by atoms with Crippen LogP contribution in [-0.2, 0) is 0 Å². The second-order valence-electron chi connectivity index (χ2n) is 2.20. The van der Waals surface area contributed by atoms with Crippen molar-refractivity contribution in [1.29, 1.82) is 0 Å². The molecule has 1 aromatic rings. The zero-order valence-electron chi connectivity index (χ0n) is 6.60. The molecule has 0 fully saturated rings. The van der Waals surface area contributed by atoms with E-state index in [4.69, 9.17) is 0 Å². The summed E-state index contributed by atoms with van der Waals surface area (Å²) in [5.74, 6) is 0. The first-order chi connectivity index (χ1) is 5.74. The van der Waals surface area contributed by atoms with Gasteiger partial charge in [-0.3, -0.25) is 15.1 Å². The fourth-order valence-electron chi connectivity index (χ4n) is 0.812. The maximum atomic E-state index is 10.3. The summed E-state index contributed by atoms with van der Waals surface area (Å²) in [6, 6.07) is 2.80. The molecule has 4 heteroatoms. The number of nitrogens with zero attached hydrogens (tertiary/aromatic N) is 2. The summed E-state index contributed by atoms with van der Waals surface area (Å²) < 4.78 is 0. The van der Waals surface area contributed by atoms with Crippen molar-refractivity contribution in [2.45, 2.75) is 6.92 Å². The van der Waals surface area contributed by atoms with Crippen molar-refractivity contribution >= 4 is 11.8 Å². The van der Waals surface area contributed by atoms with Gasteiger partial charge in [-0.15, -0.1) is 0 Å². The minimum Gasteiger partial charge on any atom is -0.258 e. The number of hydrogen-bond acceptors (Lipinski definition) is 3. The minimum atomic E-state index is -0.436. The molecule has 0 radical (unpaired) electrons. The lowest BCUT2D eigenvalue weighted by atomic mass is 10.3. The van der Waals surface area contributed by atoms with Gasteiger partial charge in [-0.1, -0.05) is 6.08 Å². The van der Waals surface area contributed by atoms with Gasteiger partial charge in [0.2, 0.25) is 0 Å². The lowest BCUT2D eigenvalue weighted by Crippen LogP contribution is -1.89. The molecule has 0 saturated carbocycles. The SMILES string of the molecule is CC=Cc1cc([N+](=O)[O-])ccn1. The third-order valence-corrected chi connectivity index (χ3v) is 1.31. The lowest BCUT2D eigenvalue weighted by molar-refractivity contribution is -0.384. The van der Waals surface area contributed by atoms with E-state index in [9.17, 15) is 10.1 Å². The van der Waals surface area contributed by atoms with Crippen LogP contribution in [0.5, 0.6) is 0 Å². The molecule has 0 unspecified atom stereocenters. The van der Waals surface area contributed by atoms with Gasteiger partial charge in [0.15, 0.2) is 0 Å². The molecule has 1 rings (SSSR count). The van der Waals surface area contributed by atoms with Crippen LogP contribution in [-0.4, -0.2) is 9.91 Å². The topological polar surface area (TPSA) is 56.0 Å². The highest BCUT2D eigenvalue weighted by Gasteiger charge is 2.03. The Morgan fingerprint density at radius 2 is 2.42 bits per heavy atom. The van der Waals surface area contributed by atoms with Gasteiger partial charge in [-0.25, -0.2) is 0 Å². The van der Waals surface area contributed by atoms with Crippen LogP contribution in [0.15, 0.2) is 24.4 Å². The van der Waals surface area contributed by atoms with Crippen molar-refractivity contribution in [1.82, 2.24) is 4.98 Å². The summed E-state index contributed by atoms with van der Waals surface area (Å²) in [5.41, 5.74) is 0.671. The number of rotatable bonds is 2. The van der Waals surface area contributed by atoms with Crippen LogP contribution in [0.4, 0.5) is 5.69 Å². The maximum absolute atomic E-state index is 10.3. The molecule has 0 saturated heterocycles. The summed E-state index contributed by atoms with van der Waals surface area (Å²) in [5, 5.41) is 10.3. The molecule has 0 aliphatic heterocycles. The molecule has 1 heterocycles. The van der Waals surface area contributed by atoms with E-state index in [0.717, 1.165) is 0 Å². The largest absolute Gasteiger partial charge is 0.273 e. The number of nitro groups is 1. The molecule has 0 atom stereocenters. The molecule has 62 valence electrons. The maximum Gasteiger partial charge on any atom is 0.273 e. The van der Waals surface area contributed by atoms with Gasteiger partial charge in [0.1, 0.15) is 0 Å². The predicted molar refractivity (Wildman–Crippen MR) is 45.6 cm³/mol. The Kier molecular flexibility index (Phi) is 2.53. The van der Waals surface area contributed by atoms with Crippen LogP contribution >= 0.6 is 0 Å². The van der Waals surface area contributed by atoms with Crippen LogP contribution in [0, 0.1) is 10.1 Å². The van der Waals surface area contributed by atoms with Crippen LogP contribution in [0.2, 0.25) is 0 Å². The summed E-state index contributed by atoms with van der Waals surface area (Å²) in [4.78, 5) is 13.8. The molecule has 0 N–H and O–H groups in total. The van der Waals surface area contributed by atoms with E-state index in [1.165, 1.54) is 18.3 Å². The van der Waals surface area contributed by atoms with Crippen molar-refractivity contribution in [2.24, 2.45) is 0 Å². The number of pyridine rings is 1. The Hall–Kier alpha value is -1.71. The highest BCUT2D eigenvalue weighted by molar-refractivity contribution is 5.48. The Morgan fingerprint density at radius 3 is 3.00 bits per heavy atom. The van der Waals surface area contributed by atoms with Crippen LogP contribution < -0.4 is 0 Å². The monoisotopic (exact) mass is 164 g/mol. The van der Waals surface area contributed by atoms with E-state index in [2.05, 4.69) is 4.98 Å². The molecule has 0 spiro atoms. The van der Waals surface area contributed by atoms with Gasteiger partial charge in [0.25, 0.3) is 5.69 Å². The fraction of sp³-hybridized carbons (Fsp3) is 0.125. The standard InChI is InChI=1S/C8H8N2O2/c1-2-3-7-6-8(10(11)12)4-5-9-7/h2-6H,1H3. The Labute approximate surface area is 69.7 Å². The van der Waals surface area contributed by atoms with Crippen molar-refractivity contribution in [3.05, 3.63) is 40.2 Å². The highest BCUT2D eigenvalue weighted by atomic mass is 16.6. The Balaban J connectivity index is 3.03. The molecule has 0 amide bonds. The van der Waals surface area contributed by atoms with E-state index >= 15 is 0 Å². The quantitative estimate of drug-likeness (QED) is 0.496. The molecule has 0 aliphatic rings. The average molecular weight is 164 g/mol. The molecule has 4 nitrogen and oxygen atoms in total. The van der Waals surface area contributed by atoms with Crippen LogP contribution in [0.25, 0.3) is 6.08 Å². The van der Waals surface area contributed by atoms with Crippen molar-refractivity contribution in [3.8, 4) is 0 Å². The molecular formula is C8H8N2O2. The van der Waals surface area contributed by atoms with Crippen molar-refractivity contribution < 1.29 is 4.92 Å². The van der Waals surface area contributed by atoms with Crippen molar-refractivity contribution in [3.63, 3.8) is 0 Å². The molecular weight excluding hydrogens is 156 g/mol. The van der Waals surface area contributed by atoms with E-state index in [0.29, 0.717) is 5.69 Å². The smallest absolute Gasteiger partial charge is 0.258 e. The first kappa shape index (κ1) is 8.39. The van der Waals surface area contributed by atoms with Gasteiger partial charge in [-0.05, 0) is 13.0 Å². The zero-order valence-corrected chi connectivity index (χ0v) is 6.60. The zero-order chi connectivity index (χ0) is 8.97. The minimum absolute atomic E-state index is 0.0677. The number of hydrogen-bond donors (Lipinski definition) is 0. The van der Waals surface area contributed by atoms with E-state index in [1.807, 2.05) is 6.92 Å².